The van der Waals surface area contributed by atoms with Gasteiger partial charge in [-0.05, 0) is 37.3 Å². The van der Waals surface area contributed by atoms with Crippen molar-refractivity contribution in [2.24, 2.45) is 0 Å². The molecule has 0 amide bonds. The highest BCUT2D eigenvalue weighted by atomic mass is 19.4. The molecule has 0 spiro atoms. The standard InChI is InChI=1S/C14H13F3N2O/c15-14(16,17)20-11-7-3-5-9-12(18)8-4-1-2-6-10(8)19-13(9)11/h3,5,7H,1-2,4,6H2,(H2,18,19). The Balaban J connectivity index is 2.21. The molecule has 2 aromatic rings. The quantitative estimate of drug-likeness (QED) is 0.869. The van der Waals surface area contributed by atoms with Gasteiger partial charge in [-0.1, -0.05) is 12.1 Å². The lowest BCUT2D eigenvalue weighted by Gasteiger charge is -2.19. The molecule has 1 aromatic heterocycles. The van der Waals surface area contributed by atoms with E-state index in [0.29, 0.717) is 11.1 Å². The SMILES string of the molecule is Nc1c2c(nc3c(OC(F)(F)F)cccc13)CCCC2. The molecule has 0 aliphatic heterocycles. The van der Waals surface area contributed by atoms with Gasteiger partial charge in [-0.2, -0.15) is 0 Å². The maximum atomic E-state index is 12.4. The van der Waals surface area contributed by atoms with Gasteiger partial charge in [-0.3, -0.25) is 0 Å². The zero-order valence-electron chi connectivity index (χ0n) is 10.6. The molecule has 1 aliphatic carbocycles. The van der Waals surface area contributed by atoms with Gasteiger partial charge in [0, 0.05) is 16.8 Å². The minimum absolute atomic E-state index is 0.183. The number of benzene rings is 1. The number of nitrogens with zero attached hydrogens (tertiary/aromatic N) is 1. The molecule has 6 heteroatoms. The number of halogens is 3. The molecule has 3 rings (SSSR count). The Bertz CT molecular complexity index is 667. The molecule has 1 aromatic carbocycles. The second kappa shape index (κ2) is 4.54. The summed E-state index contributed by atoms with van der Waals surface area (Å²) in [5, 5.41) is 0.521. The molecule has 0 radical (unpaired) electrons. The lowest BCUT2D eigenvalue weighted by molar-refractivity contribution is -0.274. The number of nitrogens with two attached hydrogens (primary N) is 1. The van der Waals surface area contributed by atoms with Gasteiger partial charge in [0.2, 0.25) is 0 Å². The molecule has 0 unspecified atom stereocenters. The predicted molar refractivity (Wildman–Crippen MR) is 69.5 cm³/mol. The van der Waals surface area contributed by atoms with E-state index in [1.165, 1.54) is 12.1 Å². The van der Waals surface area contributed by atoms with E-state index in [1.807, 2.05) is 0 Å². The number of nitrogen functional groups attached to an aromatic ring is 1. The fraction of sp³-hybridized carbons (Fsp3) is 0.357. The number of aryl methyl sites for hydroxylation is 1. The van der Waals surface area contributed by atoms with Crippen molar-refractivity contribution in [3.63, 3.8) is 0 Å². The number of hydrogen-bond donors (Lipinski definition) is 1. The molecule has 1 heterocycles. The molecule has 3 nitrogen and oxygen atoms in total. The van der Waals surface area contributed by atoms with E-state index in [-0.39, 0.29) is 11.3 Å². The normalized spacial score (nSPS) is 15.2. The number of rotatable bonds is 1. The Hall–Kier alpha value is -1.98. The van der Waals surface area contributed by atoms with Crippen LogP contribution in [0.25, 0.3) is 10.9 Å². The molecule has 106 valence electrons. The van der Waals surface area contributed by atoms with Gasteiger partial charge in [0.05, 0.1) is 0 Å². The summed E-state index contributed by atoms with van der Waals surface area (Å²) in [5.74, 6) is -0.296. The summed E-state index contributed by atoms with van der Waals surface area (Å²) in [5.41, 5.74) is 8.56. The Morgan fingerprint density at radius 3 is 2.65 bits per heavy atom. The average Bonchev–Trinajstić information content (AvgIpc) is 2.39. The molecule has 0 saturated heterocycles. The number of aromatic nitrogens is 1. The summed E-state index contributed by atoms with van der Waals surface area (Å²) >= 11 is 0. The number of hydrogen-bond acceptors (Lipinski definition) is 3. The van der Waals surface area contributed by atoms with Crippen LogP contribution in [-0.4, -0.2) is 11.3 Å². The first-order valence-electron chi connectivity index (χ1n) is 6.41. The van der Waals surface area contributed by atoms with Crippen LogP contribution >= 0.6 is 0 Å². The fourth-order valence-corrected chi connectivity index (χ4v) is 2.66. The van der Waals surface area contributed by atoms with Crippen molar-refractivity contribution in [2.75, 3.05) is 5.73 Å². The Morgan fingerprint density at radius 2 is 1.90 bits per heavy atom. The van der Waals surface area contributed by atoms with Crippen LogP contribution in [-0.2, 0) is 12.8 Å². The van der Waals surface area contributed by atoms with Crippen molar-refractivity contribution in [2.45, 2.75) is 32.0 Å². The van der Waals surface area contributed by atoms with Crippen molar-refractivity contribution in [1.29, 1.82) is 0 Å². The minimum Gasteiger partial charge on any atom is -0.403 e. The van der Waals surface area contributed by atoms with Crippen molar-refractivity contribution in [3.05, 3.63) is 29.5 Å². The van der Waals surface area contributed by atoms with E-state index in [1.54, 1.807) is 6.07 Å². The summed E-state index contributed by atoms with van der Waals surface area (Å²) < 4.78 is 41.3. The van der Waals surface area contributed by atoms with Crippen LogP contribution in [0.2, 0.25) is 0 Å². The minimum atomic E-state index is -4.74. The maximum absolute atomic E-state index is 12.4. The second-order valence-corrected chi connectivity index (χ2v) is 4.86. The number of anilines is 1. The Labute approximate surface area is 113 Å². The van der Waals surface area contributed by atoms with E-state index < -0.39 is 6.36 Å². The number of fused-ring (bicyclic) bond motifs is 2. The highest BCUT2D eigenvalue weighted by Crippen LogP contribution is 2.36. The third kappa shape index (κ3) is 2.26. The van der Waals surface area contributed by atoms with Crippen LogP contribution in [0.3, 0.4) is 0 Å². The van der Waals surface area contributed by atoms with Gasteiger partial charge >= 0.3 is 6.36 Å². The van der Waals surface area contributed by atoms with Crippen molar-refractivity contribution in [3.8, 4) is 5.75 Å². The third-order valence-electron chi connectivity index (χ3n) is 3.53. The molecule has 20 heavy (non-hydrogen) atoms. The molecule has 0 bridgehead atoms. The monoisotopic (exact) mass is 282 g/mol. The average molecular weight is 282 g/mol. The van der Waals surface area contributed by atoms with Gasteiger partial charge in [0.1, 0.15) is 5.52 Å². The van der Waals surface area contributed by atoms with Gasteiger partial charge in [0.15, 0.2) is 5.75 Å². The number of alkyl halides is 3. The predicted octanol–water partition coefficient (Wildman–Crippen LogP) is 3.59. The first-order valence-corrected chi connectivity index (χ1v) is 6.41. The summed E-state index contributed by atoms with van der Waals surface area (Å²) in [4.78, 5) is 4.36. The second-order valence-electron chi connectivity index (χ2n) is 4.86. The molecular weight excluding hydrogens is 269 g/mol. The van der Waals surface area contributed by atoms with Crippen LogP contribution in [0.1, 0.15) is 24.1 Å². The van der Waals surface area contributed by atoms with E-state index in [2.05, 4.69) is 9.72 Å². The molecular formula is C14H13F3N2O. The van der Waals surface area contributed by atoms with Crippen LogP contribution in [0.4, 0.5) is 18.9 Å². The molecule has 2 N–H and O–H groups in total. The Morgan fingerprint density at radius 1 is 1.15 bits per heavy atom. The summed E-state index contributed by atoms with van der Waals surface area (Å²) in [6.45, 7) is 0. The molecule has 0 atom stereocenters. The molecule has 0 saturated carbocycles. The summed E-state index contributed by atoms with van der Waals surface area (Å²) in [7, 11) is 0. The van der Waals surface area contributed by atoms with Crippen molar-refractivity contribution < 1.29 is 17.9 Å². The summed E-state index contributed by atoms with van der Waals surface area (Å²) in [6.07, 6.45) is -1.15. The fourth-order valence-electron chi connectivity index (χ4n) is 2.66. The van der Waals surface area contributed by atoms with Gasteiger partial charge in [-0.25, -0.2) is 4.98 Å². The number of ether oxygens (including phenoxy) is 1. The van der Waals surface area contributed by atoms with E-state index in [9.17, 15) is 13.2 Å². The zero-order valence-corrected chi connectivity index (χ0v) is 10.6. The van der Waals surface area contributed by atoms with Gasteiger partial charge < -0.3 is 10.5 Å². The summed E-state index contributed by atoms with van der Waals surface area (Å²) in [6, 6.07) is 4.43. The highest BCUT2D eigenvalue weighted by molar-refractivity contribution is 5.95. The highest BCUT2D eigenvalue weighted by Gasteiger charge is 2.32. The van der Waals surface area contributed by atoms with Gasteiger partial charge in [0.25, 0.3) is 0 Å². The van der Waals surface area contributed by atoms with Crippen LogP contribution in [0, 0.1) is 0 Å². The van der Waals surface area contributed by atoms with Crippen LogP contribution in [0.15, 0.2) is 18.2 Å². The first-order chi connectivity index (χ1) is 9.46. The first kappa shape index (κ1) is 13.0. The molecule has 1 aliphatic rings. The smallest absolute Gasteiger partial charge is 0.403 e. The topological polar surface area (TPSA) is 48.1 Å². The van der Waals surface area contributed by atoms with Crippen molar-refractivity contribution >= 4 is 16.6 Å². The Kier molecular flexibility index (Phi) is 2.96. The largest absolute Gasteiger partial charge is 0.573 e. The molecule has 0 fully saturated rings. The number of para-hydroxylation sites is 1. The lowest BCUT2D eigenvalue weighted by atomic mass is 9.93. The van der Waals surface area contributed by atoms with E-state index in [0.717, 1.165) is 36.9 Å². The zero-order chi connectivity index (χ0) is 14.3. The third-order valence-corrected chi connectivity index (χ3v) is 3.53. The van der Waals surface area contributed by atoms with Crippen molar-refractivity contribution in [1.82, 2.24) is 4.98 Å². The lowest BCUT2D eigenvalue weighted by Crippen LogP contribution is -2.18. The van der Waals surface area contributed by atoms with E-state index in [4.69, 9.17) is 5.73 Å². The maximum Gasteiger partial charge on any atom is 0.573 e. The van der Waals surface area contributed by atoms with E-state index >= 15 is 0 Å². The van der Waals surface area contributed by atoms with Crippen LogP contribution < -0.4 is 10.5 Å². The van der Waals surface area contributed by atoms with Crippen LogP contribution in [0.5, 0.6) is 5.75 Å². The number of pyridine rings is 1. The van der Waals surface area contributed by atoms with Gasteiger partial charge in [-0.15, -0.1) is 13.2 Å².